The number of aliphatic hydroxyl groups excluding tert-OH is 1. The fraction of sp³-hybridized carbons (Fsp3) is 0.226. The van der Waals surface area contributed by atoms with Gasteiger partial charge in [0.2, 0.25) is 0 Å². The third kappa shape index (κ3) is 8.08. The van der Waals surface area contributed by atoms with E-state index >= 15 is 4.39 Å². The molecular formula is C31H23F10NO2. The van der Waals surface area contributed by atoms with E-state index < -0.39 is 65.3 Å². The molecule has 0 spiro atoms. The highest BCUT2D eigenvalue weighted by molar-refractivity contribution is 5.40. The quantitative estimate of drug-likeness (QED) is 0.181. The maximum Gasteiger partial charge on any atom is 0.416 e. The molecule has 0 fully saturated rings. The van der Waals surface area contributed by atoms with E-state index in [1.807, 2.05) is 0 Å². The number of halogens is 10. The van der Waals surface area contributed by atoms with Crippen molar-refractivity contribution in [1.29, 1.82) is 0 Å². The Hall–Kier alpha value is -4.10. The minimum atomic E-state index is -4.84. The van der Waals surface area contributed by atoms with E-state index in [0.717, 1.165) is 36.4 Å². The summed E-state index contributed by atoms with van der Waals surface area (Å²) in [7, 11) is 0. The van der Waals surface area contributed by atoms with Crippen molar-refractivity contribution in [2.24, 2.45) is 0 Å². The van der Waals surface area contributed by atoms with Gasteiger partial charge in [0.25, 0.3) is 0 Å². The lowest BCUT2D eigenvalue weighted by Gasteiger charge is -2.27. The molecule has 0 bridgehead atoms. The molecule has 2 N–H and O–H groups in total. The first-order valence-corrected chi connectivity index (χ1v) is 12.9. The zero-order valence-electron chi connectivity index (χ0n) is 22.4. The molecule has 0 aliphatic rings. The molecule has 4 aromatic rings. The summed E-state index contributed by atoms with van der Waals surface area (Å²) in [5.74, 6) is -0.968. The summed E-state index contributed by atoms with van der Waals surface area (Å²) in [6.45, 7) is -1.04. The van der Waals surface area contributed by atoms with Crippen molar-refractivity contribution in [3.8, 4) is 5.75 Å². The molecule has 0 amide bonds. The van der Waals surface area contributed by atoms with Crippen LogP contribution in [0.25, 0.3) is 0 Å². The van der Waals surface area contributed by atoms with Crippen molar-refractivity contribution >= 4 is 0 Å². The molecule has 2 unspecified atom stereocenters. The molecule has 0 aliphatic carbocycles. The van der Waals surface area contributed by atoms with Gasteiger partial charge < -0.3 is 9.84 Å². The van der Waals surface area contributed by atoms with Crippen LogP contribution in [0.15, 0.2) is 91.0 Å². The summed E-state index contributed by atoms with van der Waals surface area (Å²) in [5.41, 5.74) is -3.08. The number of benzene rings is 4. The first-order chi connectivity index (χ1) is 20.6. The lowest BCUT2D eigenvalue weighted by Crippen LogP contribution is -2.30. The number of alkyl halides is 9. The van der Waals surface area contributed by atoms with Gasteiger partial charge in [-0.1, -0.05) is 36.4 Å². The van der Waals surface area contributed by atoms with Crippen molar-refractivity contribution in [2.75, 3.05) is 6.61 Å². The molecule has 0 heterocycles. The second-order valence-electron chi connectivity index (χ2n) is 9.75. The van der Waals surface area contributed by atoms with E-state index in [4.69, 9.17) is 4.74 Å². The predicted octanol–water partition coefficient (Wildman–Crippen LogP) is 8.87. The van der Waals surface area contributed by atoms with Gasteiger partial charge in [-0.15, -0.1) is 0 Å². The number of rotatable bonds is 9. The van der Waals surface area contributed by atoms with Gasteiger partial charge in [-0.05, 0) is 71.3 Å². The van der Waals surface area contributed by atoms with Gasteiger partial charge in [-0.2, -0.15) is 39.5 Å². The van der Waals surface area contributed by atoms with E-state index in [2.05, 4.69) is 5.32 Å². The van der Waals surface area contributed by atoms with Crippen LogP contribution in [0, 0.1) is 5.82 Å². The van der Waals surface area contributed by atoms with E-state index in [9.17, 15) is 44.6 Å². The Bertz CT molecular complexity index is 1560. The van der Waals surface area contributed by atoms with Crippen LogP contribution in [-0.2, 0) is 25.1 Å². The van der Waals surface area contributed by atoms with E-state index in [0.29, 0.717) is 18.2 Å². The summed E-state index contributed by atoms with van der Waals surface area (Å²) in [6.07, 6.45) is -14.1. The zero-order valence-corrected chi connectivity index (χ0v) is 22.4. The van der Waals surface area contributed by atoms with Crippen LogP contribution >= 0.6 is 0 Å². The largest absolute Gasteiger partial charge is 0.489 e. The summed E-state index contributed by atoms with van der Waals surface area (Å²) in [5, 5.41) is 12.9. The molecule has 44 heavy (non-hydrogen) atoms. The van der Waals surface area contributed by atoms with E-state index in [-0.39, 0.29) is 29.0 Å². The third-order valence-electron chi connectivity index (χ3n) is 6.68. The minimum absolute atomic E-state index is 0.0779. The monoisotopic (exact) mass is 631 g/mol. The SMILES string of the molecule is OCC(NC(c1cccc(OCc2cccc(C(F)(F)F)c2)c1)c1cc(C(F)(F)F)ccc1F)c1ccc(C(F)(F)F)cc1. The third-order valence-corrected chi connectivity index (χ3v) is 6.68. The van der Waals surface area contributed by atoms with Crippen LogP contribution in [0.1, 0.15) is 51.0 Å². The molecule has 0 radical (unpaired) electrons. The van der Waals surface area contributed by atoms with Crippen LogP contribution in [0.4, 0.5) is 43.9 Å². The molecular weight excluding hydrogens is 608 g/mol. The Labute approximate surface area is 244 Å². The standard InChI is InChI=1S/C31H23F10NO2/c32-26-12-11-23(31(39,40)41)15-25(26)28(42-27(16-43)19-7-9-21(10-8-19)29(33,34)35)20-4-2-6-24(14-20)44-17-18-3-1-5-22(13-18)30(36,37)38/h1-15,27-28,42-43H,16-17H2. The lowest BCUT2D eigenvalue weighted by molar-refractivity contribution is -0.138. The van der Waals surface area contributed by atoms with Gasteiger partial charge in [0.15, 0.2) is 0 Å². The van der Waals surface area contributed by atoms with Crippen molar-refractivity contribution in [3.05, 3.63) is 136 Å². The van der Waals surface area contributed by atoms with Gasteiger partial charge in [-0.3, -0.25) is 5.32 Å². The fourth-order valence-electron chi connectivity index (χ4n) is 4.45. The molecule has 0 aromatic heterocycles. The summed E-state index contributed by atoms with van der Waals surface area (Å²) >= 11 is 0. The first-order valence-electron chi connectivity index (χ1n) is 12.9. The van der Waals surface area contributed by atoms with Crippen LogP contribution in [-0.4, -0.2) is 11.7 Å². The van der Waals surface area contributed by atoms with E-state index in [1.165, 1.54) is 36.4 Å². The van der Waals surface area contributed by atoms with Gasteiger partial charge in [0, 0.05) is 5.56 Å². The maximum absolute atomic E-state index is 15.1. The molecule has 4 aromatic carbocycles. The Kier molecular flexibility index (Phi) is 9.59. The van der Waals surface area contributed by atoms with Crippen molar-refractivity contribution in [2.45, 2.75) is 37.2 Å². The fourth-order valence-corrected chi connectivity index (χ4v) is 4.45. The lowest BCUT2D eigenvalue weighted by atomic mass is 9.94. The molecule has 2 atom stereocenters. The normalized spacial score (nSPS) is 13.9. The Morgan fingerprint density at radius 3 is 1.84 bits per heavy atom. The number of hydrogen-bond donors (Lipinski definition) is 2. The molecule has 0 aliphatic heterocycles. The second-order valence-corrected chi connectivity index (χ2v) is 9.75. The average Bonchev–Trinajstić information content (AvgIpc) is 2.96. The maximum atomic E-state index is 15.1. The van der Waals surface area contributed by atoms with Gasteiger partial charge >= 0.3 is 18.5 Å². The van der Waals surface area contributed by atoms with Gasteiger partial charge in [-0.25, -0.2) is 4.39 Å². The average molecular weight is 632 g/mol. The predicted molar refractivity (Wildman–Crippen MR) is 140 cm³/mol. The van der Waals surface area contributed by atoms with Crippen molar-refractivity contribution in [1.82, 2.24) is 5.32 Å². The molecule has 234 valence electrons. The zero-order chi connectivity index (χ0) is 32.3. The Morgan fingerprint density at radius 1 is 0.636 bits per heavy atom. The molecule has 13 heteroatoms. The molecule has 0 saturated carbocycles. The van der Waals surface area contributed by atoms with Gasteiger partial charge in [0.1, 0.15) is 18.2 Å². The van der Waals surface area contributed by atoms with Crippen molar-refractivity contribution < 1.29 is 53.7 Å². The van der Waals surface area contributed by atoms with E-state index in [1.54, 1.807) is 0 Å². The summed E-state index contributed by atoms with van der Waals surface area (Å²) in [4.78, 5) is 0. The van der Waals surface area contributed by atoms with Crippen LogP contribution in [0.2, 0.25) is 0 Å². The highest BCUT2D eigenvalue weighted by Crippen LogP contribution is 2.36. The van der Waals surface area contributed by atoms with Crippen molar-refractivity contribution in [3.63, 3.8) is 0 Å². The second kappa shape index (κ2) is 12.9. The summed E-state index contributed by atoms with van der Waals surface area (Å²) in [6, 6.07) is 12.8. The minimum Gasteiger partial charge on any atom is -0.489 e. The summed E-state index contributed by atoms with van der Waals surface area (Å²) < 4.78 is 140. The smallest absolute Gasteiger partial charge is 0.416 e. The molecule has 3 nitrogen and oxygen atoms in total. The van der Waals surface area contributed by atoms with Crippen LogP contribution in [0.3, 0.4) is 0 Å². The highest BCUT2D eigenvalue weighted by atomic mass is 19.4. The molecule has 0 saturated heterocycles. The Morgan fingerprint density at radius 2 is 1.23 bits per heavy atom. The number of nitrogens with one attached hydrogen (secondary N) is 1. The van der Waals surface area contributed by atoms with Crippen LogP contribution in [0.5, 0.6) is 5.75 Å². The molecule has 4 rings (SSSR count). The number of ether oxygens (including phenoxy) is 1. The number of hydrogen-bond acceptors (Lipinski definition) is 3. The number of aliphatic hydroxyl groups is 1. The Balaban J connectivity index is 1.70. The van der Waals surface area contributed by atoms with Crippen LogP contribution < -0.4 is 10.1 Å². The van der Waals surface area contributed by atoms with Gasteiger partial charge in [0.05, 0.1) is 35.4 Å². The topological polar surface area (TPSA) is 41.5 Å². The first kappa shape index (κ1) is 32.8. The highest BCUT2D eigenvalue weighted by Gasteiger charge is 2.34.